The first-order valence-electron chi connectivity index (χ1n) is 5.36. The minimum Gasteiger partial charge on any atom is -0.472 e. The molecule has 0 aliphatic heterocycles. The van der Waals surface area contributed by atoms with E-state index in [2.05, 4.69) is 14.7 Å². The number of ether oxygens (including phenoxy) is 1. The molecule has 0 saturated carbocycles. The average molecular weight is 275 g/mol. The lowest BCUT2D eigenvalue weighted by Gasteiger charge is -1.97. The molecule has 6 nitrogen and oxygen atoms in total. The normalized spacial score (nSPS) is 10.8. The third-order valence-corrected chi connectivity index (χ3v) is 3.71. The Hall–Kier alpha value is -2.41. The van der Waals surface area contributed by atoms with E-state index in [1.54, 1.807) is 24.8 Å². The van der Waals surface area contributed by atoms with Gasteiger partial charge in [-0.3, -0.25) is 0 Å². The molecule has 3 rings (SSSR count). The van der Waals surface area contributed by atoms with E-state index in [9.17, 15) is 4.79 Å². The van der Waals surface area contributed by atoms with Crippen molar-refractivity contribution in [3.63, 3.8) is 0 Å². The highest BCUT2D eigenvalue weighted by molar-refractivity contribution is 7.21. The largest absolute Gasteiger partial charge is 0.472 e. The maximum Gasteiger partial charge on any atom is 0.350 e. The van der Waals surface area contributed by atoms with Crippen molar-refractivity contribution in [3.05, 3.63) is 29.7 Å². The molecule has 19 heavy (non-hydrogen) atoms. The number of rotatable bonds is 2. The fourth-order valence-corrected chi connectivity index (χ4v) is 2.61. The molecule has 0 aliphatic carbocycles. The second-order valence-corrected chi connectivity index (χ2v) is 4.76. The molecule has 0 unspecified atom stereocenters. The Bertz CT molecular complexity index is 749. The molecule has 0 bridgehead atoms. The number of hydrogen-bond donors (Lipinski definition) is 1. The first-order chi connectivity index (χ1) is 9.20. The monoisotopic (exact) mass is 275 g/mol. The van der Waals surface area contributed by atoms with E-state index < -0.39 is 5.97 Å². The lowest BCUT2D eigenvalue weighted by atomic mass is 10.2. The third kappa shape index (κ3) is 1.84. The summed E-state index contributed by atoms with van der Waals surface area (Å²) < 4.78 is 9.67. The van der Waals surface area contributed by atoms with Gasteiger partial charge >= 0.3 is 5.97 Å². The molecule has 0 fully saturated rings. The summed E-state index contributed by atoms with van der Waals surface area (Å²) >= 11 is 1.17. The van der Waals surface area contributed by atoms with Gasteiger partial charge < -0.3 is 14.9 Å². The number of esters is 1. The number of anilines is 1. The van der Waals surface area contributed by atoms with Crippen molar-refractivity contribution in [2.24, 2.45) is 0 Å². The number of carbonyl (C=O) groups is 1. The number of hydrogen-bond acceptors (Lipinski definition) is 7. The van der Waals surface area contributed by atoms with Gasteiger partial charge in [0.2, 0.25) is 0 Å². The van der Waals surface area contributed by atoms with Crippen molar-refractivity contribution in [1.82, 2.24) is 9.97 Å². The topological polar surface area (TPSA) is 91.2 Å². The molecule has 96 valence electrons. The minimum atomic E-state index is -0.479. The second-order valence-electron chi connectivity index (χ2n) is 3.76. The van der Waals surface area contributed by atoms with Crippen LogP contribution >= 0.6 is 11.3 Å². The fourth-order valence-electron chi connectivity index (χ4n) is 1.68. The van der Waals surface area contributed by atoms with Crippen molar-refractivity contribution >= 4 is 33.3 Å². The molecular formula is C12H9N3O3S. The predicted octanol–water partition coefficient (Wildman–Crippen LogP) is 2.32. The van der Waals surface area contributed by atoms with Crippen LogP contribution in [0.2, 0.25) is 0 Å². The Balaban J connectivity index is 2.18. The number of nitrogens with two attached hydrogens (primary N) is 1. The van der Waals surface area contributed by atoms with E-state index in [4.69, 9.17) is 10.2 Å². The van der Waals surface area contributed by atoms with Gasteiger partial charge in [0.1, 0.15) is 15.2 Å². The summed E-state index contributed by atoms with van der Waals surface area (Å²) in [4.78, 5) is 21.1. The number of nitrogens with zero attached hydrogens (tertiary/aromatic N) is 2. The maximum absolute atomic E-state index is 11.6. The van der Waals surface area contributed by atoms with Crippen LogP contribution in [0.3, 0.4) is 0 Å². The van der Waals surface area contributed by atoms with Gasteiger partial charge in [-0.25, -0.2) is 14.8 Å². The molecule has 0 radical (unpaired) electrons. The Morgan fingerprint density at radius 2 is 2.37 bits per heavy atom. The minimum absolute atomic E-state index is 0.296. The van der Waals surface area contributed by atoms with Crippen LogP contribution < -0.4 is 5.73 Å². The number of carbonyl (C=O) groups excluding carboxylic acids is 1. The number of aromatic nitrogens is 2. The summed E-state index contributed by atoms with van der Waals surface area (Å²) in [5.41, 5.74) is 8.17. The van der Waals surface area contributed by atoms with Crippen LogP contribution in [0.5, 0.6) is 0 Å². The molecule has 0 spiro atoms. The molecule has 0 saturated heterocycles. The van der Waals surface area contributed by atoms with Gasteiger partial charge in [-0.1, -0.05) is 0 Å². The Kier molecular flexibility index (Phi) is 2.68. The highest BCUT2D eigenvalue weighted by atomic mass is 32.1. The lowest BCUT2D eigenvalue weighted by Crippen LogP contribution is -2.01. The summed E-state index contributed by atoms with van der Waals surface area (Å²) in [6, 6.07) is 1.78. The first kappa shape index (κ1) is 11.7. The number of methoxy groups -OCH3 is 1. The SMILES string of the molecule is COC(=O)c1sc2ncc(-c3ccoc3)nc2c1N. The van der Waals surface area contributed by atoms with Gasteiger partial charge in [-0.2, -0.15) is 0 Å². The van der Waals surface area contributed by atoms with E-state index in [1.165, 1.54) is 18.4 Å². The quantitative estimate of drug-likeness (QED) is 0.722. The van der Waals surface area contributed by atoms with Crippen LogP contribution in [-0.4, -0.2) is 23.0 Å². The molecule has 3 aromatic heterocycles. The molecular weight excluding hydrogens is 266 g/mol. The van der Waals surface area contributed by atoms with E-state index >= 15 is 0 Å². The van der Waals surface area contributed by atoms with Gasteiger partial charge in [0.15, 0.2) is 0 Å². The molecule has 0 atom stereocenters. The summed E-state index contributed by atoms with van der Waals surface area (Å²) in [6.07, 6.45) is 4.74. The summed E-state index contributed by atoms with van der Waals surface area (Å²) in [5, 5.41) is 0. The highest BCUT2D eigenvalue weighted by Gasteiger charge is 2.19. The van der Waals surface area contributed by atoms with Gasteiger partial charge in [0, 0.05) is 5.56 Å². The fraction of sp³-hybridized carbons (Fsp3) is 0.0833. The van der Waals surface area contributed by atoms with Gasteiger partial charge in [-0.15, -0.1) is 11.3 Å². The van der Waals surface area contributed by atoms with E-state index in [0.29, 0.717) is 26.6 Å². The number of fused-ring (bicyclic) bond motifs is 1. The smallest absolute Gasteiger partial charge is 0.350 e. The Labute approximate surface area is 111 Å². The Morgan fingerprint density at radius 3 is 3.05 bits per heavy atom. The molecule has 2 N–H and O–H groups in total. The van der Waals surface area contributed by atoms with Crippen LogP contribution in [0.4, 0.5) is 5.69 Å². The zero-order valence-corrected chi connectivity index (χ0v) is 10.7. The molecule has 0 aromatic carbocycles. The lowest BCUT2D eigenvalue weighted by molar-refractivity contribution is 0.0607. The standard InChI is InChI=1S/C12H9N3O3S/c1-17-12(16)10-8(13)9-11(19-10)14-4-7(15-9)6-2-3-18-5-6/h2-5H,13H2,1H3. The molecule has 3 heterocycles. The van der Waals surface area contributed by atoms with Gasteiger partial charge in [-0.05, 0) is 6.07 Å². The molecule has 3 aromatic rings. The van der Waals surface area contributed by atoms with Gasteiger partial charge in [0.05, 0.1) is 37.2 Å². The molecule has 0 amide bonds. The van der Waals surface area contributed by atoms with Crippen LogP contribution in [0.1, 0.15) is 9.67 Å². The summed E-state index contributed by atoms with van der Waals surface area (Å²) in [6.45, 7) is 0. The van der Waals surface area contributed by atoms with E-state index in [0.717, 1.165) is 5.56 Å². The second kappa shape index (κ2) is 4.36. The highest BCUT2D eigenvalue weighted by Crippen LogP contribution is 2.32. The number of nitrogen functional groups attached to an aromatic ring is 1. The van der Waals surface area contributed by atoms with Crippen molar-refractivity contribution in [3.8, 4) is 11.3 Å². The van der Waals surface area contributed by atoms with E-state index in [-0.39, 0.29) is 0 Å². The Morgan fingerprint density at radius 1 is 1.53 bits per heavy atom. The van der Waals surface area contributed by atoms with Crippen molar-refractivity contribution in [2.75, 3.05) is 12.8 Å². The average Bonchev–Trinajstić information content (AvgIpc) is 3.06. The van der Waals surface area contributed by atoms with Crippen LogP contribution in [0.15, 0.2) is 29.2 Å². The van der Waals surface area contributed by atoms with Gasteiger partial charge in [0.25, 0.3) is 0 Å². The summed E-state index contributed by atoms with van der Waals surface area (Å²) in [5.74, 6) is -0.479. The number of furan rings is 1. The van der Waals surface area contributed by atoms with Crippen LogP contribution in [0.25, 0.3) is 21.6 Å². The number of thiophene rings is 1. The molecule has 7 heteroatoms. The first-order valence-corrected chi connectivity index (χ1v) is 6.18. The van der Waals surface area contributed by atoms with Crippen LogP contribution in [0, 0.1) is 0 Å². The van der Waals surface area contributed by atoms with Crippen molar-refractivity contribution < 1.29 is 13.9 Å². The van der Waals surface area contributed by atoms with Crippen molar-refractivity contribution in [1.29, 1.82) is 0 Å². The third-order valence-electron chi connectivity index (χ3n) is 2.63. The van der Waals surface area contributed by atoms with E-state index in [1.807, 2.05) is 0 Å². The van der Waals surface area contributed by atoms with Crippen LogP contribution in [-0.2, 0) is 4.74 Å². The van der Waals surface area contributed by atoms with Crippen molar-refractivity contribution in [2.45, 2.75) is 0 Å². The molecule has 0 aliphatic rings. The zero-order chi connectivity index (χ0) is 13.4. The predicted molar refractivity (Wildman–Crippen MR) is 70.9 cm³/mol. The maximum atomic E-state index is 11.6. The zero-order valence-electron chi connectivity index (χ0n) is 9.91. The summed E-state index contributed by atoms with van der Waals surface area (Å²) in [7, 11) is 1.31.